The van der Waals surface area contributed by atoms with Gasteiger partial charge in [0.2, 0.25) is 0 Å². The van der Waals surface area contributed by atoms with Crippen LogP contribution >= 0.6 is 11.6 Å². The summed E-state index contributed by atoms with van der Waals surface area (Å²) in [5, 5.41) is 3.18. The number of rotatable bonds is 3. The quantitative estimate of drug-likeness (QED) is 0.846. The molecule has 0 unspecified atom stereocenters. The summed E-state index contributed by atoms with van der Waals surface area (Å²) in [7, 11) is 0. The molecule has 0 bridgehead atoms. The molecule has 0 spiro atoms. The maximum absolute atomic E-state index is 11.9. The maximum atomic E-state index is 11.9. The van der Waals surface area contributed by atoms with E-state index < -0.39 is 0 Å². The molecule has 2 aromatic rings. The second kappa shape index (κ2) is 5.71. The number of pyridine rings is 1. The normalized spacial score (nSPS) is 10.2. The molecule has 5 heteroatoms. The number of halogens is 1. The molecule has 19 heavy (non-hydrogen) atoms. The van der Waals surface area contributed by atoms with E-state index in [4.69, 9.17) is 17.3 Å². The van der Waals surface area contributed by atoms with Crippen molar-refractivity contribution >= 4 is 23.2 Å². The standard InChI is InChI=1S/C14H14ClN3O/c1-9-2-3-10(7-17-9)8-18-14(19)11-4-5-13(16)12(15)6-11/h2-7H,8,16H2,1H3,(H,18,19). The van der Waals surface area contributed by atoms with Gasteiger partial charge in [-0.1, -0.05) is 17.7 Å². The van der Waals surface area contributed by atoms with Crippen molar-refractivity contribution in [1.29, 1.82) is 0 Å². The molecule has 1 heterocycles. The van der Waals surface area contributed by atoms with Crippen LogP contribution in [0.3, 0.4) is 0 Å². The van der Waals surface area contributed by atoms with E-state index in [-0.39, 0.29) is 5.91 Å². The molecule has 4 nitrogen and oxygen atoms in total. The molecule has 98 valence electrons. The number of carbonyl (C=O) groups is 1. The summed E-state index contributed by atoms with van der Waals surface area (Å²) in [5.74, 6) is -0.192. The number of amides is 1. The number of nitrogens with two attached hydrogens (primary N) is 1. The van der Waals surface area contributed by atoms with Crippen molar-refractivity contribution in [2.45, 2.75) is 13.5 Å². The molecule has 0 aliphatic heterocycles. The number of aryl methyl sites for hydroxylation is 1. The zero-order valence-corrected chi connectivity index (χ0v) is 11.2. The van der Waals surface area contributed by atoms with Crippen molar-refractivity contribution < 1.29 is 4.79 Å². The molecule has 0 aliphatic rings. The van der Waals surface area contributed by atoms with E-state index in [2.05, 4.69) is 10.3 Å². The molecule has 1 aromatic carbocycles. The van der Waals surface area contributed by atoms with Crippen LogP contribution in [-0.2, 0) is 6.54 Å². The van der Waals surface area contributed by atoms with Crippen LogP contribution in [0.25, 0.3) is 0 Å². The van der Waals surface area contributed by atoms with Crippen LogP contribution in [0.5, 0.6) is 0 Å². The molecule has 0 saturated carbocycles. The predicted octanol–water partition coefficient (Wildman–Crippen LogP) is 2.56. The van der Waals surface area contributed by atoms with Crippen molar-refractivity contribution in [1.82, 2.24) is 10.3 Å². The van der Waals surface area contributed by atoms with E-state index >= 15 is 0 Å². The van der Waals surface area contributed by atoms with Gasteiger partial charge in [0.1, 0.15) is 0 Å². The van der Waals surface area contributed by atoms with Gasteiger partial charge in [-0.15, -0.1) is 0 Å². The third-order valence-corrected chi connectivity index (χ3v) is 3.02. The summed E-state index contributed by atoms with van der Waals surface area (Å²) in [6, 6.07) is 8.65. The van der Waals surface area contributed by atoms with Crippen LogP contribution in [0.2, 0.25) is 5.02 Å². The van der Waals surface area contributed by atoms with Gasteiger partial charge >= 0.3 is 0 Å². The van der Waals surface area contributed by atoms with Crippen molar-refractivity contribution in [2.24, 2.45) is 0 Å². The minimum absolute atomic E-state index is 0.192. The molecule has 0 saturated heterocycles. The Kier molecular flexibility index (Phi) is 4.02. The first-order valence-electron chi connectivity index (χ1n) is 5.81. The Morgan fingerprint density at radius 1 is 1.37 bits per heavy atom. The molecule has 1 aromatic heterocycles. The Labute approximate surface area is 116 Å². The van der Waals surface area contributed by atoms with Gasteiger partial charge in [-0.25, -0.2) is 0 Å². The van der Waals surface area contributed by atoms with Crippen LogP contribution < -0.4 is 11.1 Å². The molecule has 2 rings (SSSR count). The average Bonchev–Trinajstić information content (AvgIpc) is 2.41. The summed E-state index contributed by atoms with van der Waals surface area (Å²) >= 11 is 5.88. The number of hydrogen-bond acceptors (Lipinski definition) is 3. The van der Waals surface area contributed by atoms with Gasteiger partial charge in [0.15, 0.2) is 0 Å². The smallest absolute Gasteiger partial charge is 0.251 e. The molecular formula is C14H14ClN3O. The number of nitrogen functional groups attached to an aromatic ring is 1. The van der Waals surface area contributed by atoms with Crippen molar-refractivity contribution in [3.05, 3.63) is 58.4 Å². The van der Waals surface area contributed by atoms with Gasteiger partial charge in [0, 0.05) is 24.0 Å². The summed E-state index contributed by atoms with van der Waals surface area (Å²) in [5.41, 5.74) is 8.43. The molecule has 0 radical (unpaired) electrons. The van der Waals surface area contributed by atoms with E-state index in [1.807, 2.05) is 19.1 Å². The predicted molar refractivity (Wildman–Crippen MR) is 76.0 cm³/mol. The van der Waals surface area contributed by atoms with Crippen molar-refractivity contribution in [3.8, 4) is 0 Å². The number of nitrogens with zero attached hydrogens (tertiary/aromatic N) is 1. The molecule has 0 aliphatic carbocycles. The second-order valence-electron chi connectivity index (χ2n) is 4.23. The molecule has 0 atom stereocenters. The highest BCUT2D eigenvalue weighted by atomic mass is 35.5. The van der Waals surface area contributed by atoms with Crippen LogP contribution in [0.1, 0.15) is 21.6 Å². The number of nitrogens with one attached hydrogen (secondary N) is 1. The fraction of sp³-hybridized carbons (Fsp3) is 0.143. The lowest BCUT2D eigenvalue weighted by atomic mass is 10.2. The highest BCUT2D eigenvalue weighted by Crippen LogP contribution is 2.19. The lowest BCUT2D eigenvalue weighted by Crippen LogP contribution is -2.22. The van der Waals surface area contributed by atoms with E-state index in [1.54, 1.807) is 24.4 Å². The van der Waals surface area contributed by atoms with Gasteiger partial charge in [0.25, 0.3) is 5.91 Å². The number of hydrogen-bond donors (Lipinski definition) is 2. The van der Waals surface area contributed by atoms with E-state index in [0.717, 1.165) is 11.3 Å². The van der Waals surface area contributed by atoms with Crippen molar-refractivity contribution in [2.75, 3.05) is 5.73 Å². The highest BCUT2D eigenvalue weighted by molar-refractivity contribution is 6.33. The van der Waals surface area contributed by atoms with Gasteiger partial charge in [-0.2, -0.15) is 0 Å². The SMILES string of the molecule is Cc1ccc(CNC(=O)c2ccc(N)c(Cl)c2)cn1. The van der Waals surface area contributed by atoms with Crippen molar-refractivity contribution in [3.63, 3.8) is 0 Å². The first-order chi connectivity index (χ1) is 9.06. The average molecular weight is 276 g/mol. The minimum atomic E-state index is -0.192. The zero-order chi connectivity index (χ0) is 13.8. The third kappa shape index (κ3) is 3.45. The monoisotopic (exact) mass is 275 g/mol. The van der Waals surface area contributed by atoms with Crippen LogP contribution in [0.15, 0.2) is 36.5 Å². The fourth-order valence-electron chi connectivity index (χ4n) is 1.56. The van der Waals surface area contributed by atoms with E-state index in [1.165, 1.54) is 0 Å². The summed E-state index contributed by atoms with van der Waals surface area (Å²) in [6.07, 6.45) is 1.74. The first kappa shape index (κ1) is 13.4. The van der Waals surface area contributed by atoms with E-state index in [9.17, 15) is 4.79 Å². The Balaban J connectivity index is 2.01. The second-order valence-corrected chi connectivity index (χ2v) is 4.63. The Bertz CT molecular complexity index is 596. The van der Waals surface area contributed by atoms with Gasteiger partial charge < -0.3 is 11.1 Å². The minimum Gasteiger partial charge on any atom is -0.398 e. The zero-order valence-electron chi connectivity index (χ0n) is 10.5. The molecular weight excluding hydrogens is 262 g/mol. The summed E-state index contributed by atoms with van der Waals surface area (Å²) in [4.78, 5) is 16.1. The lowest BCUT2D eigenvalue weighted by Gasteiger charge is -2.06. The number of benzene rings is 1. The number of anilines is 1. The Hall–Kier alpha value is -2.07. The Morgan fingerprint density at radius 3 is 2.79 bits per heavy atom. The number of carbonyl (C=O) groups excluding carboxylic acids is 1. The molecule has 0 fully saturated rings. The highest BCUT2D eigenvalue weighted by Gasteiger charge is 2.07. The third-order valence-electron chi connectivity index (χ3n) is 2.69. The first-order valence-corrected chi connectivity index (χ1v) is 6.19. The molecule has 3 N–H and O–H groups in total. The van der Waals surface area contributed by atoms with Gasteiger partial charge in [0.05, 0.1) is 10.7 Å². The summed E-state index contributed by atoms with van der Waals surface area (Å²) in [6.45, 7) is 2.34. The van der Waals surface area contributed by atoms with Gasteiger partial charge in [-0.05, 0) is 36.8 Å². The van der Waals surface area contributed by atoms with Gasteiger partial charge in [-0.3, -0.25) is 9.78 Å². The van der Waals surface area contributed by atoms with Crippen LogP contribution in [0, 0.1) is 6.92 Å². The summed E-state index contributed by atoms with van der Waals surface area (Å²) < 4.78 is 0. The van der Waals surface area contributed by atoms with E-state index in [0.29, 0.717) is 22.8 Å². The maximum Gasteiger partial charge on any atom is 0.251 e. The fourth-order valence-corrected chi connectivity index (χ4v) is 1.74. The van der Waals surface area contributed by atoms with Crippen LogP contribution in [0.4, 0.5) is 5.69 Å². The molecule has 1 amide bonds. The number of aromatic nitrogens is 1. The topological polar surface area (TPSA) is 68.0 Å². The Morgan fingerprint density at radius 2 is 2.16 bits per heavy atom. The van der Waals surface area contributed by atoms with Crippen LogP contribution in [-0.4, -0.2) is 10.9 Å². The lowest BCUT2D eigenvalue weighted by molar-refractivity contribution is 0.0951. The largest absolute Gasteiger partial charge is 0.398 e.